The summed E-state index contributed by atoms with van der Waals surface area (Å²) >= 11 is 0. The van der Waals surface area contributed by atoms with Gasteiger partial charge in [0.1, 0.15) is 0 Å². The van der Waals surface area contributed by atoms with Gasteiger partial charge in [0.05, 0.1) is 11.4 Å². The molecule has 1 saturated heterocycles. The highest BCUT2D eigenvalue weighted by molar-refractivity contribution is 5.67. The predicted molar refractivity (Wildman–Crippen MR) is 70.7 cm³/mol. The quantitative estimate of drug-likeness (QED) is 0.771. The Morgan fingerprint density at radius 3 is 2.81 bits per heavy atom. The highest BCUT2D eigenvalue weighted by Crippen LogP contribution is 2.29. The van der Waals surface area contributed by atoms with Crippen molar-refractivity contribution >= 4 is 11.4 Å². The number of hydrogen-bond acceptors (Lipinski definition) is 2. The molecule has 1 aliphatic rings. The Hall–Kier alpha value is -1.18. The van der Waals surface area contributed by atoms with E-state index in [1.165, 1.54) is 37.8 Å². The van der Waals surface area contributed by atoms with Gasteiger partial charge in [0.25, 0.3) is 0 Å². The molecule has 1 aromatic carbocycles. The van der Waals surface area contributed by atoms with Crippen LogP contribution in [0, 0.1) is 0 Å². The number of nitrogens with zero attached hydrogens (tertiary/aromatic N) is 1. The molecule has 0 aromatic heterocycles. The van der Waals surface area contributed by atoms with Gasteiger partial charge in [-0.2, -0.15) is 0 Å². The van der Waals surface area contributed by atoms with Gasteiger partial charge in [-0.05, 0) is 31.4 Å². The SMILES string of the molecule is CCC1CCCCCN1c1ccccc1N. The van der Waals surface area contributed by atoms with E-state index < -0.39 is 0 Å². The minimum atomic E-state index is 0.673. The first-order valence-electron chi connectivity index (χ1n) is 6.44. The molecule has 1 unspecified atom stereocenters. The normalized spacial score (nSPS) is 21.8. The molecule has 2 N–H and O–H groups in total. The van der Waals surface area contributed by atoms with Crippen LogP contribution in [0.2, 0.25) is 0 Å². The Bertz CT molecular complexity index is 335. The molecular formula is C14H22N2. The van der Waals surface area contributed by atoms with Crippen molar-refractivity contribution in [2.45, 2.75) is 45.1 Å². The molecule has 0 saturated carbocycles. The molecule has 1 aliphatic heterocycles. The Morgan fingerprint density at radius 1 is 1.25 bits per heavy atom. The van der Waals surface area contributed by atoms with Gasteiger partial charge < -0.3 is 10.6 Å². The average molecular weight is 218 g/mol. The standard InChI is InChI=1S/C14H22N2/c1-2-12-8-4-3-7-11-16(12)14-10-6-5-9-13(14)15/h5-6,9-10,12H,2-4,7-8,11,15H2,1H3. The summed E-state index contributed by atoms with van der Waals surface area (Å²) in [6.07, 6.45) is 6.55. The molecule has 1 atom stereocenters. The molecule has 2 nitrogen and oxygen atoms in total. The summed E-state index contributed by atoms with van der Waals surface area (Å²) in [4.78, 5) is 2.52. The molecule has 1 heterocycles. The molecule has 88 valence electrons. The van der Waals surface area contributed by atoms with E-state index in [9.17, 15) is 0 Å². The van der Waals surface area contributed by atoms with Crippen LogP contribution in [0.25, 0.3) is 0 Å². The van der Waals surface area contributed by atoms with Crippen molar-refractivity contribution in [3.8, 4) is 0 Å². The fourth-order valence-corrected chi connectivity index (χ4v) is 2.67. The third-order valence-corrected chi connectivity index (χ3v) is 3.59. The molecule has 2 rings (SSSR count). The first-order chi connectivity index (χ1) is 7.83. The molecule has 0 amide bonds. The lowest BCUT2D eigenvalue weighted by Crippen LogP contribution is -2.34. The number of rotatable bonds is 2. The molecule has 0 spiro atoms. The van der Waals surface area contributed by atoms with E-state index in [0.29, 0.717) is 6.04 Å². The summed E-state index contributed by atoms with van der Waals surface area (Å²) in [7, 11) is 0. The number of nitrogen functional groups attached to an aromatic ring is 1. The van der Waals surface area contributed by atoms with Gasteiger partial charge in [-0.25, -0.2) is 0 Å². The van der Waals surface area contributed by atoms with Crippen LogP contribution in [0.3, 0.4) is 0 Å². The van der Waals surface area contributed by atoms with Gasteiger partial charge in [0.15, 0.2) is 0 Å². The smallest absolute Gasteiger partial charge is 0.0602 e. The average Bonchev–Trinajstić information content (AvgIpc) is 2.54. The Morgan fingerprint density at radius 2 is 2.06 bits per heavy atom. The van der Waals surface area contributed by atoms with Crippen LogP contribution in [0.5, 0.6) is 0 Å². The van der Waals surface area contributed by atoms with Crippen molar-refractivity contribution in [1.82, 2.24) is 0 Å². The van der Waals surface area contributed by atoms with Gasteiger partial charge >= 0.3 is 0 Å². The van der Waals surface area contributed by atoms with Gasteiger partial charge in [-0.1, -0.05) is 31.9 Å². The van der Waals surface area contributed by atoms with Crippen molar-refractivity contribution in [2.75, 3.05) is 17.2 Å². The summed E-state index contributed by atoms with van der Waals surface area (Å²) in [5.74, 6) is 0. The lowest BCUT2D eigenvalue weighted by atomic mass is 10.1. The summed E-state index contributed by atoms with van der Waals surface area (Å²) in [6, 6.07) is 8.93. The predicted octanol–water partition coefficient (Wildman–Crippen LogP) is 3.43. The van der Waals surface area contributed by atoms with Crippen LogP contribution in [-0.4, -0.2) is 12.6 Å². The second kappa shape index (κ2) is 5.24. The summed E-state index contributed by atoms with van der Waals surface area (Å²) in [6.45, 7) is 3.44. The maximum atomic E-state index is 6.08. The first-order valence-corrected chi connectivity index (χ1v) is 6.44. The van der Waals surface area contributed by atoms with Crippen LogP contribution in [0.15, 0.2) is 24.3 Å². The molecule has 0 radical (unpaired) electrons. The third kappa shape index (κ3) is 2.31. The number of nitrogens with two attached hydrogens (primary N) is 1. The van der Waals surface area contributed by atoms with E-state index in [2.05, 4.69) is 24.0 Å². The molecule has 0 bridgehead atoms. The van der Waals surface area contributed by atoms with E-state index in [0.717, 1.165) is 12.2 Å². The lowest BCUT2D eigenvalue weighted by Gasteiger charge is -2.32. The minimum Gasteiger partial charge on any atom is -0.397 e. The lowest BCUT2D eigenvalue weighted by molar-refractivity contribution is 0.557. The monoisotopic (exact) mass is 218 g/mol. The third-order valence-electron chi connectivity index (χ3n) is 3.59. The van der Waals surface area contributed by atoms with Crippen LogP contribution >= 0.6 is 0 Å². The second-order valence-electron chi connectivity index (χ2n) is 4.66. The second-order valence-corrected chi connectivity index (χ2v) is 4.66. The first kappa shape index (κ1) is 11.3. The number of anilines is 2. The fourth-order valence-electron chi connectivity index (χ4n) is 2.67. The van der Waals surface area contributed by atoms with Crippen molar-refractivity contribution in [1.29, 1.82) is 0 Å². The van der Waals surface area contributed by atoms with Crippen molar-refractivity contribution in [3.05, 3.63) is 24.3 Å². The zero-order chi connectivity index (χ0) is 11.4. The van der Waals surface area contributed by atoms with Crippen LogP contribution < -0.4 is 10.6 Å². The molecule has 16 heavy (non-hydrogen) atoms. The fraction of sp³-hybridized carbons (Fsp3) is 0.571. The van der Waals surface area contributed by atoms with Gasteiger partial charge in [-0.15, -0.1) is 0 Å². The molecule has 2 heteroatoms. The maximum Gasteiger partial charge on any atom is 0.0602 e. The Kier molecular flexibility index (Phi) is 3.70. The van der Waals surface area contributed by atoms with Crippen LogP contribution in [0.4, 0.5) is 11.4 Å². The van der Waals surface area contributed by atoms with Gasteiger partial charge in [-0.3, -0.25) is 0 Å². The zero-order valence-corrected chi connectivity index (χ0v) is 10.2. The number of benzene rings is 1. The van der Waals surface area contributed by atoms with Crippen molar-refractivity contribution < 1.29 is 0 Å². The van der Waals surface area contributed by atoms with Gasteiger partial charge in [0, 0.05) is 12.6 Å². The summed E-state index contributed by atoms with van der Waals surface area (Å²) in [5.41, 5.74) is 8.23. The van der Waals surface area contributed by atoms with E-state index in [4.69, 9.17) is 5.73 Å². The van der Waals surface area contributed by atoms with Crippen LogP contribution in [0.1, 0.15) is 39.0 Å². The van der Waals surface area contributed by atoms with E-state index in [1.807, 2.05) is 12.1 Å². The molecule has 1 fully saturated rings. The molecule has 1 aromatic rings. The largest absolute Gasteiger partial charge is 0.397 e. The summed E-state index contributed by atoms with van der Waals surface area (Å²) < 4.78 is 0. The highest BCUT2D eigenvalue weighted by Gasteiger charge is 2.20. The minimum absolute atomic E-state index is 0.673. The molecular weight excluding hydrogens is 196 g/mol. The van der Waals surface area contributed by atoms with Crippen LogP contribution in [-0.2, 0) is 0 Å². The Balaban J connectivity index is 2.25. The Labute approximate surface area is 98.4 Å². The van der Waals surface area contributed by atoms with E-state index >= 15 is 0 Å². The summed E-state index contributed by atoms with van der Waals surface area (Å²) in [5, 5.41) is 0. The highest BCUT2D eigenvalue weighted by atomic mass is 15.2. The van der Waals surface area contributed by atoms with Gasteiger partial charge in [0.2, 0.25) is 0 Å². The molecule has 0 aliphatic carbocycles. The van der Waals surface area contributed by atoms with Crippen molar-refractivity contribution in [3.63, 3.8) is 0 Å². The number of para-hydroxylation sites is 2. The topological polar surface area (TPSA) is 29.3 Å². The van der Waals surface area contributed by atoms with Crippen molar-refractivity contribution in [2.24, 2.45) is 0 Å². The van der Waals surface area contributed by atoms with E-state index in [-0.39, 0.29) is 0 Å². The zero-order valence-electron chi connectivity index (χ0n) is 10.2. The number of hydrogen-bond donors (Lipinski definition) is 1. The van der Waals surface area contributed by atoms with E-state index in [1.54, 1.807) is 0 Å². The maximum absolute atomic E-state index is 6.08.